The molecule has 0 aliphatic rings. The summed E-state index contributed by atoms with van der Waals surface area (Å²) in [5.41, 5.74) is 7.30. The predicted octanol–water partition coefficient (Wildman–Crippen LogP) is 2.13. The van der Waals surface area contributed by atoms with Crippen LogP contribution in [0.5, 0.6) is 0 Å². The maximum absolute atomic E-state index is 12.4. The largest absolute Gasteiger partial charge is 0.399 e. The molecular formula is C12H13ClN4O2S. The van der Waals surface area contributed by atoms with Gasteiger partial charge in [0.2, 0.25) is 5.95 Å². The van der Waals surface area contributed by atoms with Crippen molar-refractivity contribution in [3.8, 4) is 0 Å². The number of nitrogens with one attached hydrogen (secondary N) is 1. The molecule has 2 aromatic rings. The van der Waals surface area contributed by atoms with Gasteiger partial charge in [-0.15, -0.1) is 0 Å². The van der Waals surface area contributed by atoms with Crippen molar-refractivity contribution in [3.63, 3.8) is 0 Å². The van der Waals surface area contributed by atoms with E-state index < -0.39 is 10.0 Å². The Morgan fingerprint density at radius 2 is 1.85 bits per heavy atom. The first-order valence-corrected chi connectivity index (χ1v) is 7.54. The van der Waals surface area contributed by atoms with Crippen molar-refractivity contribution in [1.82, 2.24) is 9.97 Å². The first-order valence-electron chi connectivity index (χ1n) is 5.67. The Labute approximate surface area is 122 Å². The van der Waals surface area contributed by atoms with Crippen molar-refractivity contribution >= 4 is 33.3 Å². The van der Waals surface area contributed by atoms with Gasteiger partial charge in [-0.1, -0.05) is 11.6 Å². The summed E-state index contributed by atoms with van der Waals surface area (Å²) in [6.07, 6.45) is 1.37. The fraction of sp³-hybridized carbons (Fsp3) is 0.167. The van der Waals surface area contributed by atoms with Crippen LogP contribution < -0.4 is 10.5 Å². The lowest BCUT2D eigenvalue weighted by Crippen LogP contribution is -2.17. The van der Waals surface area contributed by atoms with Gasteiger partial charge in [-0.3, -0.25) is 0 Å². The smallest absolute Gasteiger partial charge is 0.264 e. The van der Waals surface area contributed by atoms with Crippen LogP contribution in [0.25, 0.3) is 0 Å². The molecule has 1 heterocycles. The molecule has 0 saturated heterocycles. The molecule has 0 spiro atoms. The third kappa shape index (κ3) is 3.00. The van der Waals surface area contributed by atoms with E-state index in [1.165, 1.54) is 12.3 Å². The Bertz CT molecular complexity index is 739. The van der Waals surface area contributed by atoms with E-state index in [2.05, 4.69) is 14.7 Å². The minimum Gasteiger partial charge on any atom is -0.399 e. The molecule has 0 radical (unpaired) electrons. The van der Waals surface area contributed by atoms with Crippen LogP contribution in [0.2, 0.25) is 5.15 Å². The van der Waals surface area contributed by atoms with Crippen molar-refractivity contribution in [2.45, 2.75) is 18.7 Å². The highest BCUT2D eigenvalue weighted by Crippen LogP contribution is 2.24. The maximum Gasteiger partial charge on any atom is 0.264 e. The standard InChI is InChI=1S/C12H13ClN4O2S/c1-7-5-9(14)6-8(2)11(7)20(18,19)17-12-15-4-3-10(13)16-12/h3-6H,14H2,1-2H3,(H,15,16,17). The second-order valence-electron chi connectivity index (χ2n) is 4.29. The Morgan fingerprint density at radius 1 is 1.25 bits per heavy atom. The number of aromatic nitrogens is 2. The molecule has 106 valence electrons. The number of nitrogens with zero attached hydrogens (tertiary/aromatic N) is 2. The van der Waals surface area contributed by atoms with Gasteiger partial charge >= 0.3 is 0 Å². The Balaban J connectivity index is 2.46. The second-order valence-corrected chi connectivity index (χ2v) is 6.30. The first-order chi connectivity index (χ1) is 9.29. The van der Waals surface area contributed by atoms with E-state index in [1.807, 2.05) is 0 Å². The van der Waals surface area contributed by atoms with Gasteiger partial charge in [0.25, 0.3) is 10.0 Å². The molecule has 1 aromatic heterocycles. The van der Waals surface area contributed by atoms with Crippen LogP contribution in [0.1, 0.15) is 11.1 Å². The molecule has 0 amide bonds. The van der Waals surface area contributed by atoms with E-state index in [0.717, 1.165) is 0 Å². The Morgan fingerprint density at radius 3 is 2.40 bits per heavy atom. The summed E-state index contributed by atoms with van der Waals surface area (Å²) in [4.78, 5) is 7.78. The van der Waals surface area contributed by atoms with Crippen LogP contribution >= 0.6 is 11.6 Å². The molecule has 0 fully saturated rings. The highest BCUT2D eigenvalue weighted by atomic mass is 35.5. The molecule has 0 aliphatic heterocycles. The van der Waals surface area contributed by atoms with Crippen LogP contribution in [0.15, 0.2) is 29.3 Å². The van der Waals surface area contributed by atoms with Gasteiger partial charge in [-0.05, 0) is 43.2 Å². The van der Waals surface area contributed by atoms with Gasteiger partial charge < -0.3 is 5.73 Å². The van der Waals surface area contributed by atoms with E-state index >= 15 is 0 Å². The number of nitrogen functional groups attached to an aromatic ring is 1. The summed E-state index contributed by atoms with van der Waals surface area (Å²) < 4.78 is 27.1. The van der Waals surface area contributed by atoms with Gasteiger partial charge in [0.05, 0.1) is 4.90 Å². The number of aryl methyl sites for hydroxylation is 2. The molecule has 1 aromatic carbocycles. The van der Waals surface area contributed by atoms with Crippen molar-refractivity contribution < 1.29 is 8.42 Å². The predicted molar refractivity (Wildman–Crippen MR) is 78.2 cm³/mol. The second kappa shape index (κ2) is 5.26. The normalized spacial score (nSPS) is 11.3. The summed E-state index contributed by atoms with van der Waals surface area (Å²) in [5, 5.41) is 0.156. The fourth-order valence-electron chi connectivity index (χ4n) is 1.96. The third-order valence-electron chi connectivity index (χ3n) is 2.60. The zero-order chi connectivity index (χ0) is 14.9. The summed E-state index contributed by atoms with van der Waals surface area (Å²) in [7, 11) is -3.80. The average Bonchev–Trinajstić information content (AvgIpc) is 2.25. The third-order valence-corrected chi connectivity index (χ3v) is 4.44. The lowest BCUT2D eigenvalue weighted by Gasteiger charge is -2.12. The van der Waals surface area contributed by atoms with Crippen molar-refractivity contribution in [3.05, 3.63) is 40.7 Å². The number of anilines is 2. The zero-order valence-electron chi connectivity index (χ0n) is 10.9. The zero-order valence-corrected chi connectivity index (χ0v) is 12.5. The van der Waals surface area contributed by atoms with Gasteiger partial charge in [-0.25, -0.2) is 23.1 Å². The first kappa shape index (κ1) is 14.5. The summed E-state index contributed by atoms with van der Waals surface area (Å²) in [6, 6.07) is 4.65. The Hall–Kier alpha value is -1.86. The highest BCUT2D eigenvalue weighted by Gasteiger charge is 2.21. The van der Waals surface area contributed by atoms with Crippen molar-refractivity contribution in [2.75, 3.05) is 10.5 Å². The number of halogens is 1. The Kier molecular flexibility index (Phi) is 3.82. The lowest BCUT2D eigenvalue weighted by atomic mass is 10.1. The molecule has 20 heavy (non-hydrogen) atoms. The summed E-state index contributed by atoms with van der Waals surface area (Å²) >= 11 is 5.70. The van der Waals surface area contributed by atoms with E-state index in [-0.39, 0.29) is 16.0 Å². The van der Waals surface area contributed by atoms with Gasteiger partial charge in [0.1, 0.15) is 5.15 Å². The molecule has 0 bridgehead atoms. The number of nitrogens with two attached hydrogens (primary N) is 1. The molecule has 6 nitrogen and oxygen atoms in total. The van der Waals surface area contributed by atoms with E-state index in [0.29, 0.717) is 16.8 Å². The number of rotatable bonds is 3. The number of hydrogen-bond donors (Lipinski definition) is 2. The molecule has 0 atom stereocenters. The highest BCUT2D eigenvalue weighted by molar-refractivity contribution is 7.92. The monoisotopic (exact) mass is 312 g/mol. The topological polar surface area (TPSA) is 98.0 Å². The van der Waals surface area contributed by atoms with E-state index in [9.17, 15) is 8.42 Å². The van der Waals surface area contributed by atoms with E-state index in [1.54, 1.807) is 26.0 Å². The van der Waals surface area contributed by atoms with Gasteiger partial charge in [0, 0.05) is 11.9 Å². The van der Waals surface area contributed by atoms with Gasteiger partial charge in [0.15, 0.2) is 0 Å². The fourth-order valence-corrected chi connectivity index (χ4v) is 3.51. The van der Waals surface area contributed by atoms with Crippen molar-refractivity contribution in [2.24, 2.45) is 0 Å². The molecule has 0 aliphatic carbocycles. The lowest BCUT2D eigenvalue weighted by molar-refractivity contribution is 0.599. The molecule has 3 N–H and O–H groups in total. The minimum atomic E-state index is -3.80. The van der Waals surface area contributed by atoms with Gasteiger partial charge in [-0.2, -0.15) is 0 Å². The molecule has 0 unspecified atom stereocenters. The van der Waals surface area contributed by atoms with Crippen LogP contribution in [0.4, 0.5) is 11.6 Å². The van der Waals surface area contributed by atoms with Crippen LogP contribution in [-0.2, 0) is 10.0 Å². The summed E-state index contributed by atoms with van der Waals surface area (Å²) in [6.45, 7) is 3.35. The van der Waals surface area contributed by atoms with Crippen LogP contribution in [0, 0.1) is 13.8 Å². The minimum absolute atomic E-state index is 0.0758. The number of benzene rings is 1. The van der Waals surface area contributed by atoms with Crippen LogP contribution in [0.3, 0.4) is 0 Å². The molecular weight excluding hydrogens is 300 g/mol. The number of sulfonamides is 1. The quantitative estimate of drug-likeness (QED) is 0.668. The molecule has 0 saturated carbocycles. The SMILES string of the molecule is Cc1cc(N)cc(C)c1S(=O)(=O)Nc1nccc(Cl)n1. The van der Waals surface area contributed by atoms with E-state index in [4.69, 9.17) is 17.3 Å². The number of hydrogen-bond acceptors (Lipinski definition) is 5. The van der Waals surface area contributed by atoms with Crippen LogP contribution in [-0.4, -0.2) is 18.4 Å². The maximum atomic E-state index is 12.4. The molecule has 8 heteroatoms. The molecule has 2 rings (SSSR count). The van der Waals surface area contributed by atoms with Crippen molar-refractivity contribution in [1.29, 1.82) is 0 Å². The average molecular weight is 313 g/mol. The summed E-state index contributed by atoms with van der Waals surface area (Å²) in [5.74, 6) is -0.0758.